The van der Waals surface area contributed by atoms with Gasteiger partial charge in [0.25, 0.3) is 11.8 Å². The van der Waals surface area contributed by atoms with Crippen molar-refractivity contribution in [2.45, 2.75) is 0 Å². The zero-order valence-corrected chi connectivity index (χ0v) is 13.7. The first-order chi connectivity index (χ1) is 12.1. The predicted octanol–water partition coefficient (Wildman–Crippen LogP) is 3.01. The summed E-state index contributed by atoms with van der Waals surface area (Å²) in [6.45, 7) is 0. The van der Waals surface area contributed by atoms with Crippen LogP contribution in [0.2, 0.25) is 0 Å². The number of carbonyl (C=O) groups excluding carboxylic acids is 2. The van der Waals surface area contributed by atoms with Crippen molar-refractivity contribution in [3.05, 3.63) is 65.9 Å². The van der Waals surface area contributed by atoms with Crippen LogP contribution in [0.25, 0.3) is 28.2 Å². The summed E-state index contributed by atoms with van der Waals surface area (Å²) in [5.41, 5.74) is 0.897. The highest BCUT2D eigenvalue weighted by Gasteiger charge is 2.26. The molecule has 0 atom stereocenters. The Labute approximate surface area is 148 Å². The highest BCUT2D eigenvalue weighted by atomic mass is 32.1. The van der Waals surface area contributed by atoms with Crippen molar-refractivity contribution >= 4 is 46.0 Å². The minimum absolute atomic E-state index is 0.00281. The van der Waals surface area contributed by atoms with E-state index in [1.54, 1.807) is 6.07 Å². The molecule has 5 nitrogen and oxygen atoms in total. The monoisotopic (exact) mass is 348 g/mol. The molecule has 1 aliphatic heterocycles. The molecular weight excluding hydrogens is 336 g/mol. The van der Waals surface area contributed by atoms with E-state index in [4.69, 9.17) is 16.6 Å². The molecule has 0 aliphatic carbocycles. The summed E-state index contributed by atoms with van der Waals surface area (Å²) in [4.78, 5) is 23.8. The molecule has 25 heavy (non-hydrogen) atoms. The van der Waals surface area contributed by atoms with E-state index in [9.17, 15) is 9.59 Å². The van der Waals surface area contributed by atoms with Gasteiger partial charge in [-0.25, -0.2) is 0 Å². The first-order valence-corrected chi connectivity index (χ1v) is 7.99. The number of thiocarbonyl (C=S) groups is 1. The normalized spacial score (nSPS) is 14.4. The molecule has 2 N–H and O–H groups in total. The molecule has 0 spiro atoms. The van der Waals surface area contributed by atoms with Gasteiger partial charge in [0.2, 0.25) is 0 Å². The molecule has 2 amide bonds. The maximum atomic E-state index is 11.9. The third kappa shape index (κ3) is 2.83. The van der Waals surface area contributed by atoms with Crippen molar-refractivity contribution in [1.29, 1.82) is 0 Å². The second kappa shape index (κ2) is 5.99. The van der Waals surface area contributed by atoms with E-state index in [0.29, 0.717) is 11.5 Å². The number of fused-ring (bicyclic) bond motifs is 1. The van der Waals surface area contributed by atoms with E-state index in [1.165, 1.54) is 6.08 Å². The van der Waals surface area contributed by atoms with Gasteiger partial charge in [-0.2, -0.15) is 0 Å². The number of hydrogen-bond donors (Lipinski definition) is 2. The van der Waals surface area contributed by atoms with Crippen LogP contribution in [0.1, 0.15) is 5.76 Å². The van der Waals surface area contributed by atoms with Crippen LogP contribution in [-0.2, 0) is 9.59 Å². The Morgan fingerprint density at radius 3 is 2.40 bits per heavy atom. The Balaban J connectivity index is 1.73. The number of carbonyl (C=O) groups is 2. The van der Waals surface area contributed by atoms with Gasteiger partial charge in [-0.3, -0.25) is 20.2 Å². The molecule has 2 aromatic carbocycles. The smallest absolute Gasteiger partial charge is 0.263 e. The third-order valence-electron chi connectivity index (χ3n) is 3.91. The minimum Gasteiger partial charge on any atom is -0.457 e. The molecular formula is C19H12N2O3S. The highest BCUT2D eigenvalue weighted by molar-refractivity contribution is 7.80. The van der Waals surface area contributed by atoms with Crippen molar-refractivity contribution < 1.29 is 14.0 Å². The lowest BCUT2D eigenvalue weighted by Gasteiger charge is -2.15. The van der Waals surface area contributed by atoms with Crippen LogP contribution in [0.3, 0.4) is 0 Å². The Bertz CT molecular complexity index is 1040. The van der Waals surface area contributed by atoms with Crippen LogP contribution >= 0.6 is 12.2 Å². The van der Waals surface area contributed by atoms with Gasteiger partial charge in [-0.1, -0.05) is 42.5 Å². The molecule has 4 rings (SSSR count). The second-order valence-electron chi connectivity index (χ2n) is 5.52. The Kier molecular flexibility index (Phi) is 3.66. The van der Waals surface area contributed by atoms with Gasteiger partial charge in [-0.15, -0.1) is 0 Å². The lowest BCUT2D eigenvalue weighted by Crippen LogP contribution is -2.51. The van der Waals surface area contributed by atoms with Crippen LogP contribution in [0, 0.1) is 0 Å². The first kappa shape index (κ1) is 15.3. The molecule has 2 heterocycles. The van der Waals surface area contributed by atoms with Crippen molar-refractivity contribution in [2.24, 2.45) is 0 Å². The average Bonchev–Trinajstić information content (AvgIpc) is 3.06. The number of amides is 2. The summed E-state index contributed by atoms with van der Waals surface area (Å²) in [7, 11) is 0. The molecule has 3 aromatic rings. The minimum atomic E-state index is -0.545. The van der Waals surface area contributed by atoms with Gasteiger partial charge in [0.15, 0.2) is 5.11 Å². The lowest BCUT2D eigenvalue weighted by atomic mass is 10.0. The molecule has 0 saturated carbocycles. The Morgan fingerprint density at radius 2 is 1.60 bits per heavy atom. The number of rotatable bonds is 2. The van der Waals surface area contributed by atoms with E-state index in [-0.39, 0.29) is 10.7 Å². The van der Waals surface area contributed by atoms with Crippen molar-refractivity contribution in [1.82, 2.24) is 10.6 Å². The SMILES string of the molecule is O=C1NC(=S)NC(=O)C1=Cc1ccc(-c2cccc3ccccc23)o1. The van der Waals surface area contributed by atoms with Crippen molar-refractivity contribution in [3.63, 3.8) is 0 Å². The molecule has 0 unspecified atom stereocenters. The van der Waals surface area contributed by atoms with Crippen LogP contribution in [0.5, 0.6) is 0 Å². The first-order valence-electron chi connectivity index (χ1n) is 7.58. The van der Waals surface area contributed by atoms with Gasteiger partial charge in [0.05, 0.1) is 0 Å². The van der Waals surface area contributed by atoms with Crippen LogP contribution in [0.4, 0.5) is 0 Å². The van der Waals surface area contributed by atoms with Crippen LogP contribution < -0.4 is 10.6 Å². The van der Waals surface area contributed by atoms with Gasteiger partial charge >= 0.3 is 0 Å². The third-order valence-corrected chi connectivity index (χ3v) is 4.12. The van der Waals surface area contributed by atoms with Crippen LogP contribution in [0.15, 0.2) is 64.6 Å². The van der Waals surface area contributed by atoms with Crippen molar-refractivity contribution in [2.75, 3.05) is 0 Å². The number of hydrogen-bond acceptors (Lipinski definition) is 4. The fourth-order valence-corrected chi connectivity index (χ4v) is 2.95. The average molecular weight is 348 g/mol. The predicted molar refractivity (Wildman–Crippen MR) is 98.5 cm³/mol. The number of nitrogens with one attached hydrogen (secondary N) is 2. The molecule has 0 radical (unpaired) electrons. The molecule has 1 aromatic heterocycles. The fraction of sp³-hybridized carbons (Fsp3) is 0. The van der Waals surface area contributed by atoms with Crippen molar-refractivity contribution in [3.8, 4) is 11.3 Å². The van der Waals surface area contributed by atoms with Gasteiger partial charge in [0, 0.05) is 5.56 Å². The molecule has 0 bridgehead atoms. The number of furan rings is 1. The standard InChI is InChI=1S/C19H12N2O3S/c22-17-15(18(23)21-19(25)20-17)10-12-8-9-16(24-12)14-7-3-5-11-4-1-2-6-13(11)14/h1-10H,(H2,20,21,22,23,25). The highest BCUT2D eigenvalue weighted by Crippen LogP contribution is 2.30. The Hall–Kier alpha value is -3.25. The Morgan fingerprint density at radius 1 is 0.880 bits per heavy atom. The molecule has 1 fully saturated rings. The van der Waals surface area contributed by atoms with Gasteiger partial charge < -0.3 is 4.42 Å². The van der Waals surface area contributed by atoms with E-state index in [2.05, 4.69) is 10.6 Å². The van der Waals surface area contributed by atoms with E-state index in [1.807, 2.05) is 48.5 Å². The number of benzene rings is 2. The summed E-state index contributed by atoms with van der Waals surface area (Å²) in [6.07, 6.45) is 1.40. The largest absolute Gasteiger partial charge is 0.457 e. The van der Waals surface area contributed by atoms with Gasteiger partial charge in [0.1, 0.15) is 17.1 Å². The lowest BCUT2D eigenvalue weighted by molar-refractivity contribution is -0.123. The fourth-order valence-electron chi connectivity index (χ4n) is 2.76. The van der Waals surface area contributed by atoms with E-state index in [0.717, 1.165) is 16.3 Å². The van der Waals surface area contributed by atoms with Crippen LogP contribution in [-0.4, -0.2) is 16.9 Å². The topological polar surface area (TPSA) is 71.3 Å². The summed E-state index contributed by atoms with van der Waals surface area (Å²) in [6, 6.07) is 17.5. The van der Waals surface area contributed by atoms with Gasteiger partial charge in [-0.05, 0) is 41.2 Å². The molecule has 1 saturated heterocycles. The maximum absolute atomic E-state index is 11.9. The summed E-state index contributed by atoms with van der Waals surface area (Å²) >= 11 is 4.78. The molecule has 1 aliphatic rings. The molecule has 6 heteroatoms. The van der Waals surface area contributed by atoms with E-state index >= 15 is 0 Å². The summed E-state index contributed by atoms with van der Waals surface area (Å²) in [5, 5.41) is 6.96. The quantitative estimate of drug-likeness (QED) is 0.424. The maximum Gasteiger partial charge on any atom is 0.263 e. The zero-order valence-electron chi connectivity index (χ0n) is 12.9. The zero-order chi connectivity index (χ0) is 17.4. The molecule has 122 valence electrons. The summed E-state index contributed by atoms with van der Waals surface area (Å²) < 4.78 is 5.83. The summed E-state index contributed by atoms with van der Waals surface area (Å²) in [5.74, 6) is -0.0134. The second-order valence-corrected chi connectivity index (χ2v) is 5.93. The van der Waals surface area contributed by atoms with E-state index < -0.39 is 11.8 Å².